The standard InChI is InChI=1S/C17H32N2/c1-2-14-7-9-17(11-14,13-18)19-10-8-15-5-3-4-6-16(15)12-19/h14-16H,2-13,18H2,1H3. The van der Waals surface area contributed by atoms with Gasteiger partial charge < -0.3 is 5.73 Å². The summed E-state index contributed by atoms with van der Waals surface area (Å²) >= 11 is 0. The summed E-state index contributed by atoms with van der Waals surface area (Å²) in [5, 5.41) is 0. The van der Waals surface area contributed by atoms with Crippen molar-refractivity contribution in [1.82, 2.24) is 4.90 Å². The van der Waals surface area contributed by atoms with Crippen LogP contribution in [0.15, 0.2) is 0 Å². The monoisotopic (exact) mass is 264 g/mol. The highest BCUT2D eigenvalue weighted by molar-refractivity contribution is 5.01. The molecule has 2 aliphatic carbocycles. The number of hydrogen-bond donors (Lipinski definition) is 1. The fourth-order valence-electron chi connectivity index (χ4n) is 5.20. The molecule has 2 heteroatoms. The third kappa shape index (κ3) is 2.58. The molecule has 0 aromatic carbocycles. The average Bonchev–Trinajstić information content (AvgIpc) is 2.92. The second kappa shape index (κ2) is 5.73. The lowest BCUT2D eigenvalue weighted by atomic mass is 9.73. The van der Waals surface area contributed by atoms with E-state index in [0.29, 0.717) is 5.54 Å². The third-order valence-electron chi connectivity index (χ3n) is 6.61. The number of piperidine rings is 1. The van der Waals surface area contributed by atoms with Gasteiger partial charge in [-0.1, -0.05) is 32.6 Å². The normalized spacial score (nSPS) is 44.2. The van der Waals surface area contributed by atoms with Crippen LogP contribution in [0.3, 0.4) is 0 Å². The number of nitrogens with two attached hydrogens (primary N) is 1. The number of nitrogens with zero attached hydrogens (tertiary/aromatic N) is 1. The van der Waals surface area contributed by atoms with E-state index in [2.05, 4.69) is 11.8 Å². The van der Waals surface area contributed by atoms with Crippen LogP contribution in [0.4, 0.5) is 0 Å². The summed E-state index contributed by atoms with van der Waals surface area (Å²) in [5.41, 5.74) is 6.62. The van der Waals surface area contributed by atoms with Crippen LogP contribution in [-0.4, -0.2) is 30.1 Å². The molecule has 3 rings (SSSR count). The Labute approximate surface area is 119 Å². The maximum absolute atomic E-state index is 6.24. The van der Waals surface area contributed by atoms with Gasteiger partial charge >= 0.3 is 0 Å². The molecule has 1 heterocycles. The third-order valence-corrected chi connectivity index (χ3v) is 6.61. The number of likely N-dealkylation sites (tertiary alicyclic amines) is 1. The Balaban J connectivity index is 1.67. The molecule has 0 radical (unpaired) electrons. The Morgan fingerprint density at radius 2 is 1.89 bits per heavy atom. The molecule has 0 spiro atoms. The van der Waals surface area contributed by atoms with Crippen molar-refractivity contribution in [2.45, 2.75) is 70.3 Å². The predicted molar refractivity (Wildman–Crippen MR) is 81.1 cm³/mol. The molecule has 110 valence electrons. The summed E-state index contributed by atoms with van der Waals surface area (Å²) in [6.45, 7) is 5.93. The Morgan fingerprint density at radius 1 is 1.11 bits per heavy atom. The first kappa shape index (κ1) is 13.9. The molecule has 4 atom stereocenters. The molecule has 1 aliphatic heterocycles. The first-order chi connectivity index (χ1) is 9.27. The topological polar surface area (TPSA) is 29.3 Å². The maximum atomic E-state index is 6.24. The van der Waals surface area contributed by atoms with Crippen molar-refractivity contribution >= 4 is 0 Å². The molecule has 2 nitrogen and oxygen atoms in total. The van der Waals surface area contributed by atoms with E-state index in [1.165, 1.54) is 70.9 Å². The largest absolute Gasteiger partial charge is 0.329 e. The van der Waals surface area contributed by atoms with Crippen LogP contribution in [0.5, 0.6) is 0 Å². The van der Waals surface area contributed by atoms with Crippen molar-refractivity contribution in [2.75, 3.05) is 19.6 Å². The van der Waals surface area contributed by atoms with Crippen molar-refractivity contribution in [3.63, 3.8) is 0 Å². The molecule has 2 saturated carbocycles. The van der Waals surface area contributed by atoms with Crippen LogP contribution in [-0.2, 0) is 0 Å². The highest BCUT2D eigenvalue weighted by Gasteiger charge is 2.45. The lowest BCUT2D eigenvalue weighted by Gasteiger charge is -2.49. The van der Waals surface area contributed by atoms with E-state index in [1.54, 1.807) is 0 Å². The van der Waals surface area contributed by atoms with Crippen molar-refractivity contribution in [3.8, 4) is 0 Å². The maximum Gasteiger partial charge on any atom is 0.0334 e. The van der Waals surface area contributed by atoms with Gasteiger partial charge in [0.15, 0.2) is 0 Å². The molecular formula is C17H32N2. The quantitative estimate of drug-likeness (QED) is 0.846. The Hall–Kier alpha value is -0.0800. The van der Waals surface area contributed by atoms with Gasteiger partial charge in [-0.15, -0.1) is 0 Å². The van der Waals surface area contributed by atoms with Crippen molar-refractivity contribution in [1.29, 1.82) is 0 Å². The molecule has 3 aliphatic rings. The van der Waals surface area contributed by atoms with Crippen LogP contribution in [0.1, 0.15) is 64.7 Å². The lowest BCUT2D eigenvalue weighted by molar-refractivity contribution is 0.00811. The van der Waals surface area contributed by atoms with Crippen LogP contribution in [0.25, 0.3) is 0 Å². The summed E-state index contributed by atoms with van der Waals surface area (Å²) in [6, 6.07) is 0. The highest BCUT2D eigenvalue weighted by Crippen LogP contribution is 2.44. The minimum absolute atomic E-state index is 0.378. The number of rotatable bonds is 3. The summed E-state index contributed by atoms with van der Waals surface area (Å²) in [6.07, 6.45) is 12.9. The van der Waals surface area contributed by atoms with Gasteiger partial charge in [-0.05, 0) is 56.4 Å². The Morgan fingerprint density at radius 3 is 2.58 bits per heavy atom. The summed E-state index contributed by atoms with van der Waals surface area (Å²) < 4.78 is 0. The van der Waals surface area contributed by atoms with Crippen molar-refractivity contribution < 1.29 is 0 Å². The Kier molecular flexibility index (Phi) is 4.19. The lowest BCUT2D eigenvalue weighted by Crippen LogP contribution is -2.57. The van der Waals surface area contributed by atoms with Crippen LogP contribution >= 0.6 is 0 Å². The van der Waals surface area contributed by atoms with E-state index in [1.807, 2.05) is 0 Å². The van der Waals surface area contributed by atoms with Crippen LogP contribution < -0.4 is 5.73 Å². The number of fused-ring (bicyclic) bond motifs is 1. The molecule has 0 aromatic heterocycles. The highest BCUT2D eigenvalue weighted by atomic mass is 15.2. The zero-order valence-electron chi connectivity index (χ0n) is 12.7. The first-order valence-corrected chi connectivity index (χ1v) is 8.72. The predicted octanol–water partition coefficient (Wildman–Crippen LogP) is 3.41. The molecular weight excluding hydrogens is 232 g/mol. The van der Waals surface area contributed by atoms with Gasteiger partial charge in [-0.3, -0.25) is 4.90 Å². The molecule has 0 bridgehead atoms. The summed E-state index contributed by atoms with van der Waals surface area (Å²) in [4.78, 5) is 2.83. The van der Waals surface area contributed by atoms with Gasteiger partial charge in [0.2, 0.25) is 0 Å². The molecule has 4 unspecified atom stereocenters. The van der Waals surface area contributed by atoms with Crippen LogP contribution in [0.2, 0.25) is 0 Å². The zero-order valence-corrected chi connectivity index (χ0v) is 12.7. The molecule has 0 amide bonds. The Bertz CT molecular complexity index is 304. The average molecular weight is 264 g/mol. The minimum Gasteiger partial charge on any atom is -0.329 e. The summed E-state index contributed by atoms with van der Waals surface area (Å²) in [7, 11) is 0. The van der Waals surface area contributed by atoms with Gasteiger partial charge in [-0.25, -0.2) is 0 Å². The molecule has 3 fully saturated rings. The first-order valence-electron chi connectivity index (χ1n) is 8.72. The van der Waals surface area contributed by atoms with Crippen LogP contribution in [0, 0.1) is 17.8 Å². The van der Waals surface area contributed by atoms with Crippen molar-refractivity contribution in [3.05, 3.63) is 0 Å². The van der Waals surface area contributed by atoms with Gasteiger partial charge in [0.25, 0.3) is 0 Å². The zero-order chi connectivity index (χ0) is 13.3. The van der Waals surface area contributed by atoms with E-state index >= 15 is 0 Å². The second-order valence-corrected chi connectivity index (χ2v) is 7.48. The molecule has 0 aromatic rings. The van der Waals surface area contributed by atoms with E-state index in [0.717, 1.165) is 24.3 Å². The van der Waals surface area contributed by atoms with E-state index in [-0.39, 0.29) is 0 Å². The second-order valence-electron chi connectivity index (χ2n) is 7.48. The number of hydrogen-bond acceptors (Lipinski definition) is 2. The minimum atomic E-state index is 0.378. The van der Waals surface area contributed by atoms with Gasteiger partial charge in [0.05, 0.1) is 0 Å². The molecule has 2 N–H and O–H groups in total. The summed E-state index contributed by atoms with van der Waals surface area (Å²) in [5.74, 6) is 2.97. The molecule has 1 saturated heterocycles. The fraction of sp³-hybridized carbons (Fsp3) is 1.00. The van der Waals surface area contributed by atoms with E-state index < -0.39 is 0 Å². The smallest absolute Gasteiger partial charge is 0.0334 e. The van der Waals surface area contributed by atoms with Gasteiger partial charge in [0, 0.05) is 18.6 Å². The van der Waals surface area contributed by atoms with E-state index in [9.17, 15) is 0 Å². The van der Waals surface area contributed by atoms with E-state index in [4.69, 9.17) is 5.73 Å². The fourth-order valence-corrected chi connectivity index (χ4v) is 5.20. The van der Waals surface area contributed by atoms with Crippen molar-refractivity contribution in [2.24, 2.45) is 23.5 Å². The van der Waals surface area contributed by atoms with Gasteiger partial charge in [-0.2, -0.15) is 0 Å². The SMILES string of the molecule is CCC1CCC(CN)(N2CCC3CCCCC3C2)C1. The van der Waals surface area contributed by atoms with Gasteiger partial charge in [0.1, 0.15) is 0 Å². The molecule has 19 heavy (non-hydrogen) atoms.